The summed E-state index contributed by atoms with van der Waals surface area (Å²) < 4.78 is 0. The van der Waals surface area contributed by atoms with Crippen molar-refractivity contribution in [3.05, 3.63) is 0 Å². The van der Waals surface area contributed by atoms with Crippen molar-refractivity contribution >= 4 is 11.9 Å². The van der Waals surface area contributed by atoms with E-state index in [1.807, 2.05) is 0 Å². The minimum absolute atomic E-state index is 0.0770. The average Bonchev–Trinajstić information content (AvgIpc) is 2.41. The van der Waals surface area contributed by atoms with Gasteiger partial charge in [0.25, 0.3) is 0 Å². The third-order valence-corrected chi connectivity index (χ3v) is 4.80. The van der Waals surface area contributed by atoms with E-state index in [9.17, 15) is 14.7 Å². The van der Waals surface area contributed by atoms with Crippen LogP contribution in [0.25, 0.3) is 0 Å². The molecular weight excluding hydrogens is 256 g/mol. The number of rotatable bonds is 9. The van der Waals surface area contributed by atoms with Crippen LogP contribution in [0, 0.1) is 11.3 Å². The lowest BCUT2D eigenvalue weighted by atomic mass is 9.62. The van der Waals surface area contributed by atoms with Crippen LogP contribution in [-0.4, -0.2) is 22.2 Å². The maximum atomic E-state index is 11.7. The molecule has 0 spiro atoms. The summed E-state index contributed by atoms with van der Waals surface area (Å²) in [5.41, 5.74) is -0.0847. The number of carbonyl (C=O) groups is 2. The van der Waals surface area contributed by atoms with Crippen molar-refractivity contribution in [2.24, 2.45) is 11.3 Å². The number of carboxylic acid groups (broad SMARTS) is 2. The van der Waals surface area contributed by atoms with E-state index in [1.165, 1.54) is 6.42 Å². The molecule has 1 unspecified atom stereocenters. The summed E-state index contributed by atoms with van der Waals surface area (Å²) in [4.78, 5) is 22.3. The first kappa shape index (κ1) is 17.0. The highest BCUT2D eigenvalue weighted by atomic mass is 16.4. The van der Waals surface area contributed by atoms with Gasteiger partial charge >= 0.3 is 11.9 Å². The van der Waals surface area contributed by atoms with Crippen LogP contribution in [0.4, 0.5) is 0 Å². The van der Waals surface area contributed by atoms with Gasteiger partial charge in [0.2, 0.25) is 0 Å². The highest BCUT2D eigenvalue weighted by Crippen LogP contribution is 2.48. The second-order valence-electron chi connectivity index (χ2n) is 6.20. The van der Waals surface area contributed by atoms with Gasteiger partial charge in [-0.2, -0.15) is 0 Å². The van der Waals surface area contributed by atoms with Crippen LogP contribution in [0.1, 0.15) is 77.6 Å². The van der Waals surface area contributed by atoms with E-state index in [4.69, 9.17) is 5.11 Å². The van der Waals surface area contributed by atoms with Gasteiger partial charge in [-0.25, -0.2) is 0 Å². The van der Waals surface area contributed by atoms with E-state index in [1.54, 1.807) is 0 Å². The van der Waals surface area contributed by atoms with Gasteiger partial charge < -0.3 is 10.2 Å². The van der Waals surface area contributed by atoms with Gasteiger partial charge in [0, 0.05) is 6.42 Å². The molecule has 2 N–H and O–H groups in total. The Morgan fingerprint density at radius 2 is 1.75 bits per heavy atom. The van der Waals surface area contributed by atoms with Gasteiger partial charge in [0.05, 0.1) is 5.92 Å². The minimum atomic E-state index is -0.833. The van der Waals surface area contributed by atoms with Crippen LogP contribution in [0.15, 0.2) is 0 Å². The largest absolute Gasteiger partial charge is 0.481 e. The molecule has 0 radical (unpaired) electrons. The number of unbranched alkanes of at least 4 members (excludes halogenated alkanes) is 1. The van der Waals surface area contributed by atoms with E-state index < -0.39 is 11.9 Å². The quantitative estimate of drug-likeness (QED) is 0.669. The molecule has 4 nitrogen and oxygen atoms in total. The molecule has 0 aromatic carbocycles. The summed E-state index contributed by atoms with van der Waals surface area (Å²) in [5.74, 6) is -1.93. The maximum absolute atomic E-state index is 11.7. The van der Waals surface area contributed by atoms with Crippen molar-refractivity contribution in [1.82, 2.24) is 0 Å². The Labute approximate surface area is 121 Å². The van der Waals surface area contributed by atoms with E-state index in [0.29, 0.717) is 12.8 Å². The monoisotopic (exact) mass is 284 g/mol. The van der Waals surface area contributed by atoms with Crippen molar-refractivity contribution in [2.45, 2.75) is 77.6 Å². The van der Waals surface area contributed by atoms with E-state index in [0.717, 1.165) is 44.9 Å². The Balaban J connectivity index is 2.75. The molecule has 0 saturated heterocycles. The Morgan fingerprint density at radius 3 is 2.25 bits per heavy atom. The molecule has 1 atom stereocenters. The summed E-state index contributed by atoms with van der Waals surface area (Å²) in [7, 11) is 0. The van der Waals surface area contributed by atoms with Crippen LogP contribution in [-0.2, 0) is 9.59 Å². The molecule has 20 heavy (non-hydrogen) atoms. The lowest BCUT2D eigenvalue weighted by Gasteiger charge is -2.42. The molecule has 4 heteroatoms. The lowest BCUT2D eigenvalue weighted by molar-refractivity contribution is -0.149. The number of hydrogen-bond acceptors (Lipinski definition) is 2. The fourth-order valence-electron chi connectivity index (χ4n) is 3.71. The molecule has 0 amide bonds. The fourth-order valence-corrected chi connectivity index (χ4v) is 3.71. The number of hydrogen-bond donors (Lipinski definition) is 2. The Morgan fingerprint density at radius 1 is 1.10 bits per heavy atom. The van der Waals surface area contributed by atoms with Crippen molar-refractivity contribution in [3.8, 4) is 0 Å². The Kier molecular flexibility index (Phi) is 7.03. The third-order valence-electron chi connectivity index (χ3n) is 4.80. The van der Waals surface area contributed by atoms with Crippen LogP contribution in [0.5, 0.6) is 0 Å². The van der Waals surface area contributed by atoms with Gasteiger partial charge in [-0.1, -0.05) is 39.0 Å². The lowest BCUT2D eigenvalue weighted by Crippen LogP contribution is -2.38. The van der Waals surface area contributed by atoms with Gasteiger partial charge in [-0.3, -0.25) is 9.59 Å². The predicted molar refractivity (Wildman–Crippen MR) is 77.7 cm³/mol. The van der Waals surface area contributed by atoms with E-state index in [-0.39, 0.29) is 17.8 Å². The molecule has 0 bridgehead atoms. The van der Waals surface area contributed by atoms with Gasteiger partial charge in [0.1, 0.15) is 0 Å². The molecule has 1 fully saturated rings. The molecular formula is C16H28O4. The van der Waals surface area contributed by atoms with E-state index >= 15 is 0 Å². The van der Waals surface area contributed by atoms with E-state index in [2.05, 4.69) is 6.92 Å². The minimum Gasteiger partial charge on any atom is -0.481 e. The zero-order valence-electron chi connectivity index (χ0n) is 12.6. The van der Waals surface area contributed by atoms with Crippen molar-refractivity contribution < 1.29 is 19.8 Å². The molecule has 1 rings (SSSR count). The first-order chi connectivity index (χ1) is 9.52. The van der Waals surface area contributed by atoms with Crippen molar-refractivity contribution in [2.75, 3.05) is 0 Å². The molecule has 1 saturated carbocycles. The normalized spacial score (nSPS) is 19.4. The highest BCUT2D eigenvalue weighted by molar-refractivity contribution is 5.71. The summed E-state index contributed by atoms with van der Waals surface area (Å²) in [6, 6.07) is 0. The number of aliphatic carboxylic acids is 2. The molecule has 1 aliphatic carbocycles. The molecule has 0 heterocycles. The van der Waals surface area contributed by atoms with Crippen LogP contribution >= 0.6 is 0 Å². The Hall–Kier alpha value is -1.06. The zero-order valence-corrected chi connectivity index (χ0v) is 12.6. The third kappa shape index (κ3) is 4.80. The van der Waals surface area contributed by atoms with Gasteiger partial charge in [-0.05, 0) is 37.5 Å². The summed E-state index contributed by atoms with van der Waals surface area (Å²) >= 11 is 0. The molecule has 0 aromatic rings. The van der Waals surface area contributed by atoms with Gasteiger partial charge in [-0.15, -0.1) is 0 Å². The van der Waals surface area contributed by atoms with Crippen LogP contribution in [0.3, 0.4) is 0 Å². The molecule has 0 aromatic heterocycles. The SMILES string of the molecule is CCCCC1(C(CCCC(=O)O)C(=O)O)CCCCC1. The average molecular weight is 284 g/mol. The molecule has 0 aliphatic heterocycles. The predicted octanol–water partition coefficient (Wildman–Crippen LogP) is 4.08. The first-order valence-electron chi connectivity index (χ1n) is 7.96. The molecule has 1 aliphatic rings. The first-order valence-corrected chi connectivity index (χ1v) is 7.96. The highest BCUT2D eigenvalue weighted by Gasteiger charge is 2.42. The van der Waals surface area contributed by atoms with Gasteiger partial charge in [0.15, 0.2) is 0 Å². The maximum Gasteiger partial charge on any atom is 0.307 e. The Bertz CT molecular complexity index is 318. The van der Waals surface area contributed by atoms with Crippen LogP contribution < -0.4 is 0 Å². The number of carboxylic acids is 2. The summed E-state index contributed by atoms with van der Waals surface area (Å²) in [6.07, 6.45) is 9.63. The second-order valence-corrected chi connectivity index (χ2v) is 6.20. The van der Waals surface area contributed by atoms with Crippen LogP contribution in [0.2, 0.25) is 0 Å². The molecule has 116 valence electrons. The van der Waals surface area contributed by atoms with Crippen molar-refractivity contribution in [3.63, 3.8) is 0 Å². The summed E-state index contributed by atoms with van der Waals surface area (Å²) in [6.45, 7) is 2.14. The smallest absolute Gasteiger partial charge is 0.307 e. The standard InChI is InChI=1S/C16H28O4/c1-2-3-10-16(11-5-4-6-12-16)13(15(19)20)8-7-9-14(17)18/h13H,2-12H2,1H3,(H,17,18)(H,19,20). The zero-order chi connectivity index (χ0) is 15.0. The van der Waals surface area contributed by atoms with Crippen molar-refractivity contribution in [1.29, 1.82) is 0 Å². The summed E-state index contributed by atoms with van der Waals surface area (Å²) in [5, 5.41) is 18.3. The topological polar surface area (TPSA) is 74.6 Å². The fraction of sp³-hybridized carbons (Fsp3) is 0.875. The second kappa shape index (κ2) is 8.28.